The van der Waals surface area contributed by atoms with Crippen molar-refractivity contribution in [1.82, 2.24) is 0 Å². The molecule has 0 unspecified atom stereocenters. The third-order valence-electron chi connectivity index (χ3n) is 10.1. The van der Waals surface area contributed by atoms with Crippen molar-refractivity contribution < 1.29 is 0 Å². The fourth-order valence-electron chi connectivity index (χ4n) is 7.65. The summed E-state index contributed by atoms with van der Waals surface area (Å²) in [5.74, 6) is 0. The van der Waals surface area contributed by atoms with Crippen LogP contribution >= 0.6 is 0 Å². The summed E-state index contributed by atoms with van der Waals surface area (Å²) in [7, 11) is 0. The van der Waals surface area contributed by atoms with E-state index in [4.69, 9.17) is 0 Å². The molecule has 0 nitrogen and oxygen atoms in total. The average molecular weight is 637 g/mol. The first kappa shape index (κ1) is 29.9. The summed E-state index contributed by atoms with van der Waals surface area (Å²) in [5, 5.41) is 7.64. The van der Waals surface area contributed by atoms with E-state index in [2.05, 4.69) is 196 Å². The lowest BCUT2D eigenvalue weighted by molar-refractivity contribution is 1.49. The van der Waals surface area contributed by atoms with Crippen LogP contribution in [0.25, 0.3) is 88.0 Å². The van der Waals surface area contributed by atoms with Gasteiger partial charge < -0.3 is 0 Å². The molecule has 0 saturated heterocycles. The van der Waals surface area contributed by atoms with Gasteiger partial charge in [-0.2, -0.15) is 0 Å². The van der Waals surface area contributed by atoms with E-state index in [0.29, 0.717) is 0 Å². The maximum Gasteiger partial charge on any atom is -0.00260 e. The van der Waals surface area contributed by atoms with Crippen molar-refractivity contribution in [2.75, 3.05) is 0 Å². The predicted molar refractivity (Wildman–Crippen MR) is 216 cm³/mol. The molecule has 236 valence electrons. The van der Waals surface area contributed by atoms with E-state index in [1.54, 1.807) is 0 Å². The summed E-state index contributed by atoms with van der Waals surface area (Å²) in [4.78, 5) is 0. The normalized spacial score (nSPS) is 11.4. The molecule has 0 fully saturated rings. The van der Waals surface area contributed by atoms with Gasteiger partial charge in [-0.1, -0.05) is 163 Å². The lowest BCUT2D eigenvalue weighted by atomic mass is 9.84. The molecule has 0 aliphatic rings. The second-order valence-electron chi connectivity index (χ2n) is 13.5. The van der Waals surface area contributed by atoms with Crippen LogP contribution in [0.15, 0.2) is 182 Å². The Morgan fingerprint density at radius 3 is 1.14 bits per heavy atom. The lowest BCUT2D eigenvalue weighted by Crippen LogP contribution is -1.92. The fraction of sp³-hybridized carbons (Fsp3) is 0.0400. The number of fused-ring (bicyclic) bond motifs is 3. The number of aryl methyl sites for hydroxylation is 2. The number of rotatable bonds is 5. The molecule has 0 radical (unpaired) electrons. The van der Waals surface area contributed by atoms with Crippen LogP contribution in [-0.2, 0) is 0 Å². The molecule has 50 heavy (non-hydrogen) atoms. The van der Waals surface area contributed by atoms with Gasteiger partial charge in [0.1, 0.15) is 0 Å². The summed E-state index contributed by atoms with van der Waals surface area (Å²) in [6.45, 7) is 4.40. The number of benzene rings is 9. The Kier molecular flexibility index (Phi) is 7.37. The van der Waals surface area contributed by atoms with Gasteiger partial charge in [0, 0.05) is 0 Å². The van der Waals surface area contributed by atoms with Crippen molar-refractivity contribution in [3.63, 3.8) is 0 Å². The standard InChI is InChI=1S/C50H36/c1-33-18-24-45-47(26-33)50(48-27-34(2)19-25-46(48)49(45)37-16-10-5-11-17-37)41-23-22-38-28-40(21-20-39(38)29-41)44-31-42(35-12-6-3-7-13-35)30-43(32-44)36-14-8-4-9-15-36/h3-32H,1-2H3. The van der Waals surface area contributed by atoms with Crippen LogP contribution in [0.1, 0.15) is 11.1 Å². The van der Waals surface area contributed by atoms with Crippen molar-refractivity contribution >= 4 is 32.3 Å². The Bertz CT molecular complexity index is 2560. The Morgan fingerprint density at radius 1 is 0.240 bits per heavy atom. The molecule has 0 heterocycles. The quantitative estimate of drug-likeness (QED) is 0.165. The summed E-state index contributed by atoms with van der Waals surface area (Å²) < 4.78 is 0. The van der Waals surface area contributed by atoms with Crippen LogP contribution in [0.2, 0.25) is 0 Å². The minimum Gasteiger partial charge on any atom is -0.0622 e. The number of hydrogen-bond acceptors (Lipinski definition) is 0. The van der Waals surface area contributed by atoms with Gasteiger partial charge in [0.05, 0.1) is 0 Å². The largest absolute Gasteiger partial charge is 0.0622 e. The van der Waals surface area contributed by atoms with Gasteiger partial charge in [-0.15, -0.1) is 0 Å². The number of hydrogen-bond donors (Lipinski definition) is 0. The molecule has 0 spiro atoms. The molecule has 0 amide bonds. The average Bonchev–Trinajstić information content (AvgIpc) is 3.17. The summed E-state index contributed by atoms with van der Waals surface area (Å²) in [6.07, 6.45) is 0. The molecule has 0 saturated carbocycles. The molecule has 0 aromatic heterocycles. The van der Waals surface area contributed by atoms with Crippen LogP contribution in [0.3, 0.4) is 0 Å². The second-order valence-corrected chi connectivity index (χ2v) is 13.5. The molecule has 0 bridgehead atoms. The highest BCUT2D eigenvalue weighted by Crippen LogP contribution is 2.45. The Labute approximate surface area is 293 Å². The van der Waals surface area contributed by atoms with E-state index >= 15 is 0 Å². The van der Waals surface area contributed by atoms with E-state index in [1.165, 1.54) is 99.1 Å². The Balaban J connectivity index is 1.22. The minimum atomic E-state index is 1.22. The highest BCUT2D eigenvalue weighted by molar-refractivity contribution is 6.22. The van der Waals surface area contributed by atoms with Crippen LogP contribution in [-0.4, -0.2) is 0 Å². The SMILES string of the molecule is Cc1ccc2c(-c3ccccc3)c3ccc(C)cc3c(-c3ccc4cc(-c5cc(-c6ccccc6)cc(-c6ccccc6)c5)ccc4c3)c2c1. The zero-order chi connectivity index (χ0) is 33.6. The first-order valence-electron chi connectivity index (χ1n) is 17.4. The van der Waals surface area contributed by atoms with Gasteiger partial charge in [-0.05, 0) is 132 Å². The summed E-state index contributed by atoms with van der Waals surface area (Å²) in [6, 6.07) is 67.0. The predicted octanol–water partition coefficient (Wildman–Crippen LogP) is 14.1. The molecule has 9 aromatic carbocycles. The van der Waals surface area contributed by atoms with Gasteiger partial charge in [0.2, 0.25) is 0 Å². The molecule has 0 aliphatic carbocycles. The molecule has 9 aromatic rings. The van der Waals surface area contributed by atoms with Gasteiger partial charge >= 0.3 is 0 Å². The molecule has 0 aliphatic heterocycles. The highest BCUT2D eigenvalue weighted by Gasteiger charge is 2.18. The van der Waals surface area contributed by atoms with E-state index in [0.717, 1.165) is 0 Å². The molecular weight excluding hydrogens is 601 g/mol. The summed E-state index contributed by atoms with van der Waals surface area (Å²) in [5.41, 5.74) is 15.0. The van der Waals surface area contributed by atoms with Crippen molar-refractivity contribution in [1.29, 1.82) is 0 Å². The maximum absolute atomic E-state index is 2.38. The Morgan fingerprint density at radius 2 is 0.640 bits per heavy atom. The van der Waals surface area contributed by atoms with Crippen LogP contribution in [0, 0.1) is 13.8 Å². The van der Waals surface area contributed by atoms with Gasteiger partial charge in [0.15, 0.2) is 0 Å². The Hall–Kier alpha value is -6.24. The molecule has 0 atom stereocenters. The first-order chi connectivity index (χ1) is 24.6. The first-order valence-corrected chi connectivity index (χ1v) is 17.4. The van der Waals surface area contributed by atoms with Gasteiger partial charge in [-0.25, -0.2) is 0 Å². The van der Waals surface area contributed by atoms with E-state index in [-0.39, 0.29) is 0 Å². The maximum atomic E-state index is 2.38. The monoisotopic (exact) mass is 636 g/mol. The van der Waals surface area contributed by atoms with Gasteiger partial charge in [0.25, 0.3) is 0 Å². The highest BCUT2D eigenvalue weighted by atomic mass is 14.2. The zero-order valence-electron chi connectivity index (χ0n) is 28.3. The smallest absolute Gasteiger partial charge is 0.00260 e. The molecule has 0 N–H and O–H groups in total. The third-order valence-corrected chi connectivity index (χ3v) is 10.1. The van der Waals surface area contributed by atoms with Gasteiger partial charge in [-0.3, -0.25) is 0 Å². The van der Waals surface area contributed by atoms with E-state index in [1.807, 2.05) is 0 Å². The molecule has 0 heteroatoms. The van der Waals surface area contributed by atoms with Crippen molar-refractivity contribution in [2.45, 2.75) is 13.8 Å². The minimum absolute atomic E-state index is 1.22. The fourth-order valence-corrected chi connectivity index (χ4v) is 7.65. The van der Waals surface area contributed by atoms with E-state index in [9.17, 15) is 0 Å². The summed E-state index contributed by atoms with van der Waals surface area (Å²) >= 11 is 0. The second kappa shape index (κ2) is 12.3. The van der Waals surface area contributed by atoms with Crippen molar-refractivity contribution in [3.8, 4) is 55.6 Å². The molecule has 9 rings (SSSR count). The zero-order valence-corrected chi connectivity index (χ0v) is 28.3. The lowest BCUT2D eigenvalue weighted by Gasteiger charge is -2.19. The van der Waals surface area contributed by atoms with Crippen molar-refractivity contribution in [3.05, 3.63) is 193 Å². The van der Waals surface area contributed by atoms with E-state index < -0.39 is 0 Å². The van der Waals surface area contributed by atoms with Crippen LogP contribution in [0.5, 0.6) is 0 Å². The van der Waals surface area contributed by atoms with Crippen LogP contribution < -0.4 is 0 Å². The van der Waals surface area contributed by atoms with Crippen molar-refractivity contribution in [2.24, 2.45) is 0 Å². The third kappa shape index (κ3) is 5.36. The van der Waals surface area contributed by atoms with Crippen LogP contribution in [0.4, 0.5) is 0 Å². The molecular formula is C50H36. The topological polar surface area (TPSA) is 0 Å².